The second-order valence-corrected chi connectivity index (χ2v) is 2.43. The lowest BCUT2D eigenvalue weighted by molar-refractivity contribution is -0.143. The summed E-state index contributed by atoms with van der Waals surface area (Å²) in [5, 5.41) is 2.98. The molecule has 11 heavy (non-hydrogen) atoms. The molecule has 0 atom stereocenters. The molecule has 3 nitrogen and oxygen atoms in total. The molecule has 0 heterocycles. The molecule has 0 aliphatic rings. The Balaban J connectivity index is 3.04. The molecular weight excluding hydrogens is 142 g/mol. The lowest BCUT2D eigenvalue weighted by atomic mass is 10.3. The van der Waals surface area contributed by atoms with Crippen molar-refractivity contribution in [3.8, 4) is 0 Å². The van der Waals surface area contributed by atoms with Crippen LogP contribution < -0.4 is 5.32 Å². The van der Waals surface area contributed by atoms with Gasteiger partial charge in [0.1, 0.15) is 0 Å². The molecule has 0 saturated heterocycles. The summed E-state index contributed by atoms with van der Waals surface area (Å²) in [4.78, 5) is 10.8. The molecule has 0 saturated carbocycles. The average Bonchev–Trinajstić information content (AvgIpc) is 1.99. The molecular formula is C8H17NO2. The fraction of sp³-hybridized carbons (Fsp3) is 0.875. The number of carbonyl (C=O) groups excluding carboxylic acids is 1. The Hall–Kier alpha value is -0.570. The van der Waals surface area contributed by atoms with E-state index in [-0.39, 0.29) is 5.97 Å². The van der Waals surface area contributed by atoms with E-state index >= 15 is 0 Å². The molecule has 0 amide bonds. The van der Waals surface area contributed by atoms with Gasteiger partial charge in [0.2, 0.25) is 0 Å². The van der Waals surface area contributed by atoms with Gasteiger partial charge < -0.3 is 10.1 Å². The third-order valence-corrected chi connectivity index (χ3v) is 1.29. The summed E-state index contributed by atoms with van der Waals surface area (Å²) in [5.41, 5.74) is 0. The van der Waals surface area contributed by atoms with Gasteiger partial charge in [0.15, 0.2) is 0 Å². The van der Waals surface area contributed by atoms with Gasteiger partial charge in [-0.1, -0.05) is 6.92 Å². The number of hydrogen-bond donors (Lipinski definition) is 1. The minimum absolute atomic E-state index is 0.0800. The van der Waals surface area contributed by atoms with E-state index in [1.54, 1.807) is 0 Å². The van der Waals surface area contributed by atoms with Gasteiger partial charge in [-0.05, 0) is 26.4 Å². The van der Waals surface area contributed by atoms with Crippen LogP contribution in [-0.4, -0.2) is 26.2 Å². The number of carbonyl (C=O) groups is 1. The van der Waals surface area contributed by atoms with Crippen molar-refractivity contribution in [1.29, 1.82) is 0 Å². The van der Waals surface area contributed by atoms with Crippen molar-refractivity contribution in [2.75, 3.05) is 20.2 Å². The highest BCUT2D eigenvalue weighted by molar-refractivity contribution is 5.69. The first-order chi connectivity index (χ1) is 5.31. The number of esters is 1. The second-order valence-electron chi connectivity index (χ2n) is 2.43. The average molecular weight is 159 g/mol. The molecule has 1 N–H and O–H groups in total. The smallest absolute Gasteiger partial charge is 0.305 e. The van der Waals surface area contributed by atoms with Crippen LogP contribution in [-0.2, 0) is 9.53 Å². The number of rotatable bonds is 6. The Bertz CT molecular complexity index is 104. The lowest BCUT2D eigenvalue weighted by Crippen LogP contribution is -2.12. The first-order valence-electron chi connectivity index (χ1n) is 4.11. The topological polar surface area (TPSA) is 38.3 Å². The van der Waals surface area contributed by atoms with Crippen LogP contribution in [0.3, 0.4) is 0 Å². The van der Waals surface area contributed by atoms with Crippen molar-refractivity contribution < 1.29 is 9.53 Å². The molecule has 0 aromatic heterocycles. The predicted octanol–water partition coefficient (Wildman–Crippen LogP) is 0.939. The van der Waals surface area contributed by atoms with Gasteiger partial charge in [0, 0.05) is 6.42 Å². The van der Waals surface area contributed by atoms with Crippen LogP contribution in [0.4, 0.5) is 0 Å². The minimum Gasteiger partial charge on any atom is -0.466 e. The maximum absolute atomic E-state index is 10.8. The van der Waals surface area contributed by atoms with Gasteiger partial charge in [-0.2, -0.15) is 0 Å². The minimum atomic E-state index is -0.0800. The first kappa shape index (κ1) is 10.4. The fourth-order valence-electron chi connectivity index (χ4n) is 0.711. The Labute approximate surface area is 68.1 Å². The van der Waals surface area contributed by atoms with E-state index in [0.29, 0.717) is 13.0 Å². The van der Waals surface area contributed by atoms with Crippen molar-refractivity contribution >= 4 is 5.97 Å². The quantitative estimate of drug-likeness (QED) is 0.463. The highest BCUT2D eigenvalue weighted by Gasteiger charge is 1.98. The highest BCUT2D eigenvalue weighted by Crippen LogP contribution is 1.91. The molecule has 0 aromatic rings. The Morgan fingerprint density at radius 1 is 1.55 bits per heavy atom. The van der Waals surface area contributed by atoms with Crippen LogP contribution in [0.5, 0.6) is 0 Å². The van der Waals surface area contributed by atoms with Crippen LogP contribution in [0.25, 0.3) is 0 Å². The van der Waals surface area contributed by atoms with Gasteiger partial charge in [-0.3, -0.25) is 4.79 Å². The molecule has 0 aromatic carbocycles. The fourth-order valence-corrected chi connectivity index (χ4v) is 0.711. The molecule has 0 bridgehead atoms. The lowest BCUT2D eigenvalue weighted by Gasteiger charge is -2.02. The molecule has 0 spiro atoms. The maximum atomic E-state index is 10.8. The molecule has 0 rings (SSSR count). The number of hydrogen-bond acceptors (Lipinski definition) is 3. The van der Waals surface area contributed by atoms with Crippen molar-refractivity contribution in [3.63, 3.8) is 0 Å². The van der Waals surface area contributed by atoms with Crippen LogP contribution in [0.1, 0.15) is 26.2 Å². The van der Waals surface area contributed by atoms with Gasteiger partial charge in [-0.25, -0.2) is 0 Å². The SMILES string of the molecule is CCCC(=O)OCCCNC. The Kier molecular flexibility index (Phi) is 7.15. The third-order valence-electron chi connectivity index (χ3n) is 1.29. The van der Waals surface area contributed by atoms with E-state index in [0.717, 1.165) is 19.4 Å². The summed E-state index contributed by atoms with van der Waals surface area (Å²) in [5.74, 6) is -0.0800. The number of ether oxygens (including phenoxy) is 1. The van der Waals surface area contributed by atoms with Gasteiger partial charge >= 0.3 is 5.97 Å². The molecule has 0 aliphatic heterocycles. The van der Waals surface area contributed by atoms with Crippen LogP contribution in [0.2, 0.25) is 0 Å². The van der Waals surface area contributed by atoms with Crippen LogP contribution in [0.15, 0.2) is 0 Å². The number of nitrogens with one attached hydrogen (secondary N) is 1. The van der Waals surface area contributed by atoms with Gasteiger partial charge in [0.25, 0.3) is 0 Å². The molecule has 0 unspecified atom stereocenters. The summed E-state index contributed by atoms with van der Waals surface area (Å²) >= 11 is 0. The zero-order chi connectivity index (χ0) is 8.53. The van der Waals surface area contributed by atoms with Crippen molar-refractivity contribution in [2.24, 2.45) is 0 Å². The third kappa shape index (κ3) is 7.33. The van der Waals surface area contributed by atoms with E-state index in [4.69, 9.17) is 4.74 Å². The monoisotopic (exact) mass is 159 g/mol. The second kappa shape index (κ2) is 7.54. The Morgan fingerprint density at radius 2 is 2.27 bits per heavy atom. The van der Waals surface area contributed by atoms with Gasteiger partial charge in [0.05, 0.1) is 6.61 Å². The van der Waals surface area contributed by atoms with Crippen molar-refractivity contribution in [3.05, 3.63) is 0 Å². The van der Waals surface area contributed by atoms with E-state index in [1.165, 1.54) is 0 Å². The Morgan fingerprint density at radius 3 is 2.82 bits per heavy atom. The summed E-state index contributed by atoms with van der Waals surface area (Å²) in [6.45, 7) is 3.41. The summed E-state index contributed by atoms with van der Waals surface area (Å²) in [6.07, 6.45) is 2.30. The summed E-state index contributed by atoms with van der Waals surface area (Å²) in [7, 11) is 1.88. The van der Waals surface area contributed by atoms with Gasteiger partial charge in [-0.15, -0.1) is 0 Å². The zero-order valence-corrected chi connectivity index (χ0v) is 7.35. The molecule has 0 aliphatic carbocycles. The van der Waals surface area contributed by atoms with E-state index in [9.17, 15) is 4.79 Å². The van der Waals surface area contributed by atoms with Crippen molar-refractivity contribution in [1.82, 2.24) is 5.32 Å². The standard InChI is InChI=1S/C8H17NO2/c1-3-5-8(10)11-7-4-6-9-2/h9H,3-7H2,1-2H3. The van der Waals surface area contributed by atoms with E-state index in [1.807, 2.05) is 14.0 Å². The summed E-state index contributed by atoms with van der Waals surface area (Å²) in [6, 6.07) is 0. The predicted molar refractivity (Wildman–Crippen MR) is 44.4 cm³/mol. The maximum Gasteiger partial charge on any atom is 0.305 e. The highest BCUT2D eigenvalue weighted by atomic mass is 16.5. The van der Waals surface area contributed by atoms with E-state index < -0.39 is 0 Å². The largest absolute Gasteiger partial charge is 0.466 e. The first-order valence-corrected chi connectivity index (χ1v) is 4.11. The zero-order valence-electron chi connectivity index (χ0n) is 7.35. The molecule has 0 fully saturated rings. The van der Waals surface area contributed by atoms with Crippen molar-refractivity contribution in [2.45, 2.75) is 26.2 Å². The summed E-state index contributed by atoms with van der Waals surface area (Å²) < 4.78 is 4.91. The van der Waals surface area contributed by atoms with E-state index in [2.05, 4.69) is 5.32 Å². The normalized spacial score (nSPS) is 9.64. The van der Waals surface area contributed by atoms with Crippen LogP contribution in [0, 0.1) is 0 Å². The molecule has 0 radical (unpaired) electrons. The molecule has 66 valence electrons. The molecule has 3 heteroatoms. The van der Waals surface area contributed by atoms with Crippen LogP contribution >= 0.6 is 0 Å².